The largest absolute Gasteiger partial charge is 0.370 e. The lowest BCUT2D eigenvalue weighted by Crippen LogP contribution is -2.34. The molecule has 8 heteroatoms. The first-order valence-electron chi connectivity index (χ1n) is 7.35. The van der Waals surface area contributed by atoms with Crippen LogP contribution in [0.4, 0.5) is 0 Å². The summed E-state index contributed by atoms with van der Waals surface area (Å²) in [6.45, 7) is 2.14. The fourth-order valence-electron chi connectivity index (χ4n) is 2.37. The Hall–Kier alpha value is -2.19. The zero-order valence-electron chi connectivity index (χ0n) is 12.9. The summed E-state index contributed by atoms with van der Waals surface area (Å²) in [5.41, 5.74) is 10.8. The van der Waals surface area contributed by atoms with E-state index in [4.69, 9.17) is 11.5 Å². The van der Waals surface area contributed by atoms with Gasteiger partial charge in [0.25, 0.3) is 0 Å². The van der Waals surface area contributed by atoms with E-state index in [0.717, 1.165) is 11.8 Å². The maximum absolute atomic E-state index is 12.6. The van der Waals surface area contributed by atoms with Crippen molar-refractivity contribution in [3.63, 3.8) is 0 Å². The molecule has 1 aromatic carbocycles. The van der Waals surface area contributed by atoms with Gasteiger partial charge in [-0.3, -0.25) is 4.98 Å². The molecule has 0 saturated carbocycles. The van der Waals surface area contributed by atoms with E-state index in [0.29, 0.717) is 11.8 Å². The Bertz CT molecular complexity index is 795. The van der Waals surface area contributed by atoms with Gasteiger partial charge in [-0.25, -0.2) is 18.1 Å². The van der Waals surface area contributed by atoms with Crippen molar-refractivity contribution in [2.75, 3.05) is 6.54 Å². The molecule has 1 heterocycles. The van der Waals surface area contributed by atoms with Crippen LogP contribution in [0.3, 0.4) is 0 Å². The van der Waals surface area contributed by atoms with E-state index in [-0.39, 0.29) is 23.4 Å². The van der Waals surface area contributed by atoms with Gasteiger partial charge in [0.15, 0.2) is 5.96 Å². The van der Waals surface area contributed by atoms with Crippen molar-refractivity contribution in [2.45, 2.75) is 30.7 Å². The van der Waals surface area contributed by atoms with Crippen LogP contribution in [0.25, 0.3) is 10.8 Å². The van der Waals surface area contributed by atoms with E-state index in [1.54, 1.807) is 30.6 Å². The highest BCUT2D eigenvalue weighted by molar-refractivity contribution is 7.89. The second-order valence-corrected chi connectivity index (χ2v) is 6.94. The molecule has 0 saturated heterocycles. The fraction of sp³-hybridized carbons (Fsp3) is 0.333. The summed E-state index contributed by atoms with van der Waals surface area (Å²) in [5, 5.41) is 1.40. The predicted molar refractivity (Wildman–Crippen MR) is 91.4 cm³/mol. The quantitative estimate of drug-likeness (QED) is 0.513. The molecule has 0 aliphatic carbocycles. The van der Waals surface area contributed by atoms with Gasteiger partial charge in [-0.15, -0.1) is 0 Å². The lowest BCUT2D eigenvalue weighted by atomic mass is 10.2. The molecule has 0 spiro atoms. The molecule has 0 fully saturated rings. The van der Waals surface area contributed by atoms with Crippen LogP contribution >= 0.6 is 0 Å². The lowest BCUT2D eigenvalue weighted by Gasteiger charge is -2.14. The summed E-state index contributed by atoms with van der Waals surface area (Å²) < 4.78 is 27.8. The Labute approximate surface area is 135 Å². The van der Waals surface area contributed by atoms with Crippen LogP contribution in [0, 0.1) is 0 Å². The molecular formula is C15H21N5O2S. The molecule has 23 heavy (non-hydrogen) atoms. The minimum atomic E-state index is -3.66. The van der Waals surface area contributed by atoms with Gasteiger partial charge in [-0.2, -0.15) is 0 Å². The molecule has 0 radical (unpaired) electrons. The average molecular weight is 335 g/mol. The van der Waals surface area contributed by atoms with E-state index in [9.17, 15) is 8.42 Å². The number of benzene rings is 1. The van der Waals surface area contributed by atoms with Gasteiger partial charge < -0.3 is 11.5 Å². The van der Waals surface area contributed by atoms with Crippen molar-refractivity contribution in [1.82, 2.24) is 9.71 Å². The Kier molecular flexibility index (Phi) is 5.51. The number of pyridine rings is 1. The zero-order chi connectivity index (χ0) is 16.9. The Morgan fingerprint density at radius 2 is 2.13 bits per heavy atom. The number of rotatable bonds is 7. The summed E-state index contributed by atoms with van der Waals surface area (Å²) in [6, 6.07) is 6.49. The molecule has 0 bridgehead atoms. The number of sulfonamides is 1. The van der Waals surface area contributed by atoms with Crippen molar-refractivity contribution in [3.8, 4) is 0 Å². The molecule has 1 atom stereocenters. The fourth-order valence-corrected chi connectivity index (χ4v) is 3.67. The number of nitrogens with zero attached hydrogens (tertiary/aromatic N) is 2. The number of hydrogen-bond acceptors (Lipinski definition) is 4. The predicted octanol–water partition coefficient (Wildman–Crippen LogP) is 0.955. The minimum absolute atomic E-state index is 0.0427. The van der Waals surface area contributed by atoms with Crippen LogP contribution in [-0.4, -0.2) is 31.9 Å². The topological polar surface area (TPSA) is 123 Å². The van der Waals surface area contributed by atoms with Crippen molar-refractivity contribution in [3.05, 3.63) is 36.7 Å². The lowest BCUT2D eigenvalue weighted by molar-refractivity contribution is 0.554. The molecule has 2 rings (SSSR count). The summed E-state index contributed by atoms with van der Waals surface area (Å²) in [6.07, 6.45) is 4.75. The van der Waals surface area contributed by atoms with E-state index in [2.05, 4.69) is 14.7 Å². The van der Waals surface area contributed by atoms with Gasteiger partial charge in [0.1, 0.15) is 0 Å². The Balaban J connectivity index is 2.25. The number of aliphatic imine (C=N–C) groups is 1. The standard InChI is InChI=1S/C15H21N5O2S/c1-2-4-12(20-15(16)17)10-19-23(21,22)14-6-3-5-11-9-18-8-7-13(11)14/h3,5-9,12,19H,2,4,10H2,1H3,(H4,16,17,20). The van der Waals surface area contributed by atoms with Crippen LogP contribution in [-0.2, 0) is 10.0 Å². The van der Waals surface area contributed by atoms with Gasteiger partial charge in [0, 0.05) is 29.7 Å². The second-order valence-electron chi connectivity index (χ2n) is 5.20. The summed E-state index contributed by atoms with van der Waals surface area (Å²) in [7, 11) is -3.66. The zero-order valence-corrected chi connectivity index (χ0v) is 13.8. The van der Waals surface area contributed by atoms with E-state index < -0.39 is 10.0 Å². The van der Waals surface area contributed by atoms with E-state index >= 15 is 0 Å². The third-order valence-electron chi connectivity index (χ3n) is 3.39. The average Bonchev–Trinajstić information content (AvgIpc) is 2.52. The number of hydrogen-bond donors (Lipinski definition) is 3. The van der Waals surface area contributed by atoms with Crippen molar-refractivity contribution in [2.24, 2.45) is 16.5 Å². The summed E-state index contributed by atoms with van der Waals surface area (Å²) in [4.78, 5) is 8.29. The number of nitrogens with two attached hydrogens (primary N) is 2. The van der Waals surface area contributed by atoms with Crippen molar-refractivity contribution < 1.29 is 8.42 Å². The smallest absolute Gasteiger partial charge is 0.241 e. The van der Waals surface area contributed by atoms with Gasteiger partial charge in [0.05, 0.1) is 10.9 Å². The number of guanidine groups is 1. The molecular weight excluding hydrogens is 314 g/mol. The summed E-state index contributed by atoms with van der Waals surface area (Å²) in [5.74, 6) is -0.0427. The first-order chi connectivity index (χ1) is 10.9. The normalized spacial score (nSPS) is 12.9. The van der Waals surface area contributed by atoms with Crippen LogP contribution < -0.4 is 16.2 Å². The highest BCUT2D eigenvalue weighted by Crippen LogP contribution is 2.21. The van der Waals surface area contributed by atoms with Gasteiger partial charge >= 0.3 is 0 Å². The number of fused-ring (bicyclic) bond motifs is 1. The maximum Gasteiger partial charge on any atom is 0.241 e. The molecule has 1 aromatic heterocycles. The van der Waals surface area contributed by atoms with Gasteiger partial charge in [-0.1, -0.05) is 25.5 Å². The summed E-state index contributed by atoms with van der Waals surface area (Å²) >= 11 is 0. The molecule has 2 aromatic rings. The highest BCUT2D eigenvalue weighted by atomic mass is 32.2. The highest BCUT2D eigenvalue weighted by Gasteiger charge is 2.19. The molecule has 7 nitrogen and oxygen atoms in total. The molecule has 0 amide bonds. The molecule has 124 valence electrons. The van der Waals surface area contributed by atoms with E-state index in [1.807, 2.05) is 13.0 Å². The Morgan fingerprint density at radius 1 is 1.35 bits per heavy atom. The van der Waals surface area contributed by atoms with Crippen molar-refractivity contribution >= 4 is 26.8 Å². The van der Waals surface area contributed by atoms with Crippen LogP contribution in [0.2, 0.25) is 0 Å². The van der Waals surface area contributed by atoms with Gasteiger partial charge in [-0.05, 0) is 18.6 Å². The first kappa shape index (κ1) is 17.2. The van der Waals surface area contributed by atoms with Gasteiger partial charge in [0.2, 0.25) is 10.0 Å². The third-order valence-corrected chi connectivity index (χ3v) is 4.87. The van der Waals surface area contributed by atoms with Crippen molar-refractivity contribution in [1.29, 1.82) is 0 Å². The first-order valence-corrected chi connectivity index (χ1v) is 8.83. The van der Waals surface area contributed by atoms with Crippen LogP contribution in [0.1, 0.15) is 19.8 Å². The Morgan fingerprint density at radius 3 is 2.83 bits per heavy atom. The SMILES string of the molecule is CCCC(CNS(=O)(=O)c1cccc2cnccc12)N=C(N)N. The second kappa shape index (κ2) is 7.38. The van der Waals surface area contributed by atoms with E-state index in [1.165, 1.54) is 0 Å². The van der Waals surface area contributed by atoms with Crippen LogP contribution in [0.5, 0.6) is 0 Å². The third kappa shape index (κ3) is 4.40. The monoisotopic (exact) mass is 335 g/mol. The molecule has 0 aliphatic rings. The minimum Gasteiger partial charge on any atom is -0.370 e. The maximum atomic E-state index is 12.6. The molecule has 0 aliphatic heterocycles. The number of aromatic nitrogens is 1. The molecule has 5 N–H and O–H groups in total. The number of nitrogens with one attached hydrogen (secondary N) is 1. The van der Waals surface area contributed by atoms with Crippen LogP contribution in [0.15, 0.2) is 46.5 Å². The molecule has 1 unspecified atom stereocenters.